The summed E-state index contributed by atoms with van der Waals surface area (Å²) in [6.07, 6.45) is 0. The smallest absolute Gasteiger partial charge is 0.243 e. The molecule has 4 nitrogen and oxygen atoms in total. The van der Waals surface area contributed by atoms with Crippen molar-refractivity contribution in [2.45, 2.75) is 44.7 Å². The van der Waals surface area contributed by atoms with Crippen molar-refractivity contribution in [2.75, 3.05) is 0 Å². The van der Waals surface area contributed by atoms with Crippen LogP contribution in [0.3, 0.4) is 0 Å². The molecule has 0 amide bonds. The van der Waals surface area contributed by atoms with Crippen LogP contribution in [0.15, 0.2) is 11.0 Å². The molecule has 0 atom stereocenters. The topological polar surface area (TPSA) is 72.2 Å². The standard InChI is InChI=1S/C12H18Cl2N2O2S2/c1-11(2)9(15)12(3,4)10(11)16-20(17,18)6-5-7(13)19-8(6)14/h5,9-10,16H,15H2,1-4H3. The Morgan fingerprint density at radius 1 is 1.25 bits per heavy atom. The van der Waals surface area contributed by atoms with Crippen LogP contribution >= 0.6 is 34.5 Å². The number of halogens is 2. The van der Waals surface area contributed by atoms with Crippen molar-refractivity contribution in [3.63, 3.8) is 0 Å². The molecule has 1 aliphatic rings. The minimum atomic E-state index is -3.71. The first-order valence-electron chi connectivity index (χ1n) is 6.13. The maximum Gasteiger partial charge on any atom is 0.243 e. The minimum absolute atomic E-state index is 0.0289. The second kappa shape index (κ2) is 4.83. The van der Waals surface area contributed by atoms with Crippen molar-refractivity contribution in [1.82, 2.24) is 4.72 Å². The van der Waals surface area contributed by atoms with Gasteiger partial charge in [-0.15, -0.1) is 11.3 Å². The number of thiophene rings is 1. The van der Waals surface area contributed by atoms with Gasteiger partial charge in [-0.1, -0.05) is 50.9 Å². The van der Waals surface area contributed by atoms with E-state index < -0.39 is 10.0 Å². The van der Waals surface area contributed by atoms with Gasteiger partial charge in [0.15, 0.2) is 0 Å². The molecule has 0 aliphatic heterocycles. The lowest BCUT2D eigenvalue weighted by molar-refractivity contribution is -0.0593. The van der Waals surface area contributed by atoms with Gasteiger partial charge in [-0.2, -0.15) is 0 Å². The molecule has 1 aromatic heterocycles. The van der Waals surface area contributed by atoms with Crippen molar-refractivity contribution < 1.29 is 8.42 Å². The van der Waals surface area contributed by atoms with E-state index in [4.69, 9.17) is 28.9 Å². The van der Waals surface area contributed by atoms with E-state index in [2.05, 4.69) is 4.72 Å². The lowest BCUT2D eigenvalue weighted by Gasteiger charge is -2.62. The number of sulfonamides is 1. The van der Waals surface area contributed by atoms with E-state index >= 15 is 0 Å². The summed E-state index contributed by atoms with van der Waals surface area (Å²) < 4.78 is 28.2. The lowest BCUT2D eigenvalue weighted by Crippen LogP contribution is -2.75. The van der Waals surface area contributed by atoms with Crippen LogP contribution in [-0.2, 0) is 10.0 Å². The molecule has 20 heavy (non-hydrogen) atoms. The molecule has 0 aromatic carbocycles. The molecule has 1 fully saturated rings. The Morgan fingerprint density at radius 3 is 2.15 bits per heavy atom. The van der Waals surface area contributed by atoms with Crippen molar-refractivity contribution in [2.24, 2.45) is 16.6 Å². The highest BCUT2D eigenvalue weighted by Crippen LogP contribution is 2.53. The highest BCUT2D eigenvalue weighted by Gasteiger charge is 2.61. The van der Waals surface area contributed by atoms with Gasteiger partial charge in [0.05, 0.1) is 4.34 Å². The molecule has 114 valence electrons. The van der Waals surface area contributed by atoms with Gasteiger partial charge in [0, 0.05) is 12.1 Å². The minimum Gasteiger partial charge on any atom is -0.327 e. The number of hydrogen-bond acceptors (Lipinski definition) is 4. The third-order valence-corrected chi connectivity index (χ3v) is 7.45. The zero-order valence-electron chi connectivity index (χ0n) is 11.7. The van der Waals surface area contributed by atoms with Gasteiger partial charge in [-0.05, 0) is 16.9 Å². The van der Waals surface area contributed by atoms with Crippen LogP contribution in [0.25, 0.3) is 0 Å². The Kier molecular flexibility index (Phi) is 3.99. The molecule has 2 rings (SSSR count). The highest BCUT2D eigenvalue weighted by molar-refractivity contribution is 7.89. The molecular formula is C12H18Cl2N2O2S2. The summed E-state index contributed by atoms with van der Waals surface area (Å²) in [6.45, 7) is 7.83. The number of hydrogen-bond donors (Lipinski definition) is 2. The molecule has 1 aliphatic carbocycles. The fraction of sp³-hybridized carbons (Fsp3) is 0.667. The van der Waals surface area contributed by atoms with Crippen LogP contribution in [0.2, 0.25) is 8.67 Å². The van der Waals surface area contributed by atoms with E-state index in [9.17, 15) is 8.42 Å². The van der Waals surface area contributed by atoms with Crippen molar-refractivity contribution >= 4 is 44.6 Å². The first-order valence-corrected chi connectivity index (χ1v) is 9.19. The van der Waals surface area contributed by atoms with Crippen molar-refractivity contribution in [1.29, 1.82) is 0 Å². The number of nitrogens with one attached hydrogen (secondary N) is 1. The van der Waals surface area contributed by atoms with Crippen LogP contribution in [0.5, 0.6) is 0 Å². The first kappa shape index (κ1) is 16.5. The third kappa shape index (κ3) is 2.40. The Balaban J connectivity index is 2.33. The predicted octanol–water partition coefficient (Wildman–Crippen LogP) is 3.10. The Hall–Kier alpha value is 0.150. The maximum absolute atomic E-state index is 12.5. The summed E-state index contributed by atoms with van der Waals surface area (Å²) in [5, 5.41) is 0. The Bertz CT molecular complexity index is 622. The monoisotopic (exact) mass is 356 g/mol. The SMILES string of the molecule is CC1(C)C(N)C(C)(C)C1NS(=O)(=O)c1cc(Cl)sc1Cl. The van der Waals surface area contributed by atoms with Gasteiger partial charge in [0.25, 0.3) is 0 Å². The maximum atomic E-state index is 12.5. The number of rotatable bonds is 3. The van der Waals surface area contributed by atoms with E-state index in [1.54, 1.807) is 0 Å². The molecular weight excluding hydrogens is 339 g/mol. The predicted molar refractivity (Wildman–Crippen MR) is 84.0 cm³/mol. The molecule has 0 bridgehead atoms. The van der Waals surface area contributed by atoms with Gasteiger partial charge < -0.3 is 5.73 Å². The van der Waals surface area contributed by atoms with E-state index in [0.717, 1.165) is 11.3 Å². The number of nitrogens with two attached hydrogens (primary N) is 1. The van der Waals surface area contributed by atoms with Gasteiger partial charge in [0.2, 0.25) is 10.0 Å². The second-order valence-corrected chi connectivity index (χ2v) is 10.3. The normalized spacial score (nSPS) is 28.1. The van der Waals surface area contributed by atoms with E-state index in [1.165, 1.54) is 6.07 Å². The quantitative estimate of drug-likeness (QED) is 0.873. The van der Waals surface area contributed by atoms with Gasteiger partial charge in [-0.3, -0.25) is 0 Å². The molecule has 0 unspecified atom stereocenters. The molecule has 0 saturated heterocycles. The third-order valence-electron chi connectivity index (χ3n) is 4.28. The molecule has 1 aromatic rings. The van der Waals surface area contributed by atoms with E-state index in [0.29, 0.717) is 4.34 Å². The lowest BCUT2D eigenvalue weighted by atomic mass is 9.49. The summed E-state index contributed by atoms with van der Waals surface area (Å²) in [7, 11) is -3.71. The second-order valence-electron chi connectivity index (χ2n) is 6.36. The van der Waals surface area contributed by atoms with Crippen LogP contribution in [-0.4, -0.2) is 20.5 Å². The zero-order chi connectivity index (χ0) is 15.5. The van der Waals surface area contributed by atoms with Crippen LogP contribution < -0.4 is 10.5 Å². The fourth-order valence-corrected chi connectivity index (χ4v) is 6.91. The summed E-state index contributed by atoms with van der Waals surface area (Å²) in [4.78, 5) is 0.0289. The highest BCUT2D eigenvalue weighted by atomic mass is 35.5. The first-order chi connectivity index (χ1) is 8.90. The molecule has 1 heterocycles. The van der Waals surface area contributed by atoms with Crippen LogP contribution in [0.1, 0.15) is 27.7 Å². The summed E-state index contributed by atoms with van der Waals surface area (Å²) >= 11 is 12.8. The zero-order valence-corrected chi connectivity index (χ0v) is 14.8. The fourth-order valence-electron chi connectivity index (χ4n) is 3.21. The summed E-state index contributed by atoms with van der Waals surface area (Å²) in [6, 6.07) is 1.03. The van der Waals surface area contributed by atoms with Crippen molar-refractivity contribution in [3.8, 4) is 0 Å². The van der Waals surface area contributed by atoms with Gasteiger partial charge >= 0.3 is 0 Å². The average molecular weight is 357 g/mol. The van der Waals surface area contributed by atoms with E-state index in [-0.39, 0.29) is 32.1 Å². The molecule has 0 radical (unpaired) electrons. The Morgan fingerprint density at radius 2 is 1.75 bits per heavy atom. The largest absolute Gasteiger partial charge is 0.327 e. The average Bonchev–Trinajstić information content (AvgIpc) is 2.65. The summed E-state index contributed by atoms with van der Waals surface area (Å²) in [5.74, 6) is 0. The van der Waals surface area contributed by atoms with Crippen molar-refractivity contribution in [3.05, 3.63) is 14.7 Å². The van der Waals surface area contributed by atoms with Gasteiger partial charge in [-0.25, -0.2) is 13.1 Å². The molecule has 8 heteroatoms. The Labute approximate surface area is 133 Å². The van der Waals surface area contributed by atoms with Gasteiger partial charge in [0.1, 0.15) is 9.23 Å². The summed E-state index contributed by atoms with van der Waals surface area (Å²) in [5.41, 5.74) is 5.50. The van der Waals surface area contributed by atoms with Crippen LogP contribution in [0.4, 0.5) is 0 Å². The van der Waals surface area contributed by atoms with Crippen LogP contribution in [0, 0.1) is 10.8 Å². The van der Waals surface area contributed by atoms with E-state index in [1.807, 2.05) is 27.7 Å². The molecule has 3 N–H and O–H groups in total. The molecule has 1 saturated carbocycles. The molecule has 0 spiro atoms.